The number of nitrogens with one attached hydrogen (secondary N) is 1. The number of aromatic nitrogens is 2. The summed E-state index contributed by atoms with van der Waals surface area (Å²) in [5, 5.41) is 8.40. The molecule has 3 heteroatoms. The quantitative estimate of drug-likeness (QED) is 0.795. The second-order valence-electron chi connectivity index (χ2n) is 5.60. The van der Waals surface area contributed by atoms with Crippen molar-refractivity contribution in [1.29, 1.82) is 0 Å². The lowest BCUT2D eigenvalue weighted by atomic mass is 9.98. The first-order chi connectivity index (χ1) is 9.80. The maximum atomic E-state index is 4.72. The molecule has 0 saturated heterocycles. The van der Waals surface area contributed by atoms with Crippen molar-refractivity contribution in [2.24, 2.45) is 0 Å². The highest BCUT2D eigenvalue weighted by Gasteiger charge is 2.21. The van der Waals surface area contributed by atoms with Gasteiger partial charge in [0, 0.05) is 6.54 Å². The summed E-state index contributed by atoms with van der Waals surface area (Å²) < 4.78 is 2.18. The second-order valence-corrected chi connectivity index (χ2v) is 5.60. The molecule has 0 fully saturated rings. The molecule has 2 rings (SSSR count). The first kappa shape index (κ1) is 15.3. The highest BCUT2D eigenvalue weighted by molar-refractivity contribution is 5.25. The van der Waals surface area contributed by atoms with Crippen molar-refractivity contribution in [3.05, 3.63) is 29.1 Å². The van der Waals surface area contributed by atoms with Gasteiger partial charge in [-0.1, -0.05) is 31.9 Å². The summed E-state index contributed by atoms with van der Waals surface area (Å²) >= 11 is 0. The average Bonchev–Trinajstić information content (AvgIpc) is 2.70. The fraction of sp³-hybridized carbons (Fsp3) is 0.706. The highest BCUT2D eigenvalue weighted by atomic mass is 15.3. The SMILES string of the molecule is CCNC(C1=CCCCCC1)c1cc(CC)nn1CC. The van der Waals surface area contributed by atoms with E-state index < -0.39 is 0 Å². The molecule has 0 radical (unpaired) electrons. The Morgan fingerprint density at radius 2 is 2.10 bits per heavy atom. The molecule has 0 saturated carbocycles. The molecule has 0 aliphatic heterocycles. The first-order valence-corrected chi connectivity index (χ1v) is 8.29. The van der Waals surface area contributed by atoms with Crippen molar-refractivity contribution in [1.82, 2.24) is 15.1 Å². The third-order valence-electron chi connectivity index (χ3n) is 4.17. The smallest absolute Gasteiger partial charge is 0.0707 e. The largest absolute Gasteiger partial charge is 0.306 e. The van der Waals surface area contributed by atoms with Crippen molar-refractivity contribution in [3.63, 3.8) is 0 Å². The Morgan fingerprint density at radius 3 is 2.80 bits per heavy atom. The fourth-order valence-corrected chi connectivity index (χ4v) is 3.08. The molecular formula is C17H29N3. The molecule has 0 amide bonds. The minimum absolute atomic E-state index is 0.353. The molecular weight excluding hydrogens is 246 g/mol. The summed E-state index contributed by atoms with van der Waals surface area (Å²) in [6.07, 6.45) is 9.99. The van der Waals surface area contributed by atoms with Crippen LogP contribution in [0.5, 0.6) is 0 Å². The Morgan fingerprint density at radius 1 is 1.25 bits per heavy atom. The van der Waals surface area contributed by atoms with E-state index in [1.807, 2.05) is 0 Å². The van der Waals surface area contributed by atoms with Gasteiger partial charge in [-0.2, -0.15) is 5.10 Å². The van der Waals surface area contributed by atoms with Gasteiger partial charge in [-0.05, 0) is 51.6 Å². The second kappa shape index (κ2) is 7.63. The van der Waals surface area contributed by atoms with Crippen molar-refractivity contribution in [2.75, 3.05) is 6.54 Å². The monoisotopic (exact) mass is 275 g/mol. The molecule has 1 N–H and O–H groups in total. The molecule has 0 aromatic carbocycles. The first-order valence-electron chi connectivity index (χ1n) is 8.29. The summed E-state index contributed by atoms with van der Waals surface area (Å²) in [6, 6.07) is 2.65. The van der Waals surface area contributed by atoms with Crippen LogP contribution in [-0.2, 0) is 13.0 Å². The van der Waals surface area contributed by atoms with Gasteiger partial charge in [-0.3, -0.25) is 4.68 Å². The van der Waals surface area contributed by atoms with Crippen LogP contribution in [0.3, 0.4) is 0 Å². The minimum Gasteiger partial charge on any atom is -0.306 e. The average molecular weight is 275 g/mol. The van der Waals surface area contributed by atoms with E-state index in [1.165, 1.54) is 43.5 Å². The van der Waals surface area contributed by atoms with E-state index in [-0.39, 0.29) is 0 Å². The van der Waals surface area contributed by atoms with E-state index in [1.54, 1.807) is 5.57 Å². The lowest BCUT2D eigenvalue weighted by Gasteiger charge is -2.22. The summed E-state index contributed by atoms with van der Waals surface area (Å²) in [6.45, 7) is 8.50. The van der Waals surface area contributed by atoms with Crippen molar-refractivity contribution in [3.8, 4) is 0 Å². The zero-order chi connectivity index (χ0) is 14.4. The van der Waals surface area contributed by atoms with Crippen LogP contribution in [-0.4, -0.2) is 16.3 Å². The number of hydrogen-bond donors (Lipinski definition) is 1. The van der Waals surface area contributed by atoms with Crippen LogP contribution < -0.4 is 5.32 Å². The predicted octanol–water partition coefficient (Wildman–Crippen LogP) is 4.01. The number of allylic oxidation sites excluding steroid dienone is 1. The fourth-order valence-electron chi connectivity index (χ4n) is 3.08. The number of nitrogens with zero attached hydrogens (tertiary/aromatic N) is 2. The van der Waals surface area contributed by atoms with Gasteiger partial charge in [0.15, 0.2) is 0 Å². The minimum atomic E-state index is 0.353. The molecule has 0 spiro atoms. The van der Waals surface area contributed by atoms with Crippen LogP contribution in [0, 0.1) is 0 Å². The van der Waals surface area contributed by atoms with E-state index in [9.17, 15) is 0 Å². The summed E-state index contributed by atoms with van der Waals surface area (Å²) in [4.78, 5) is 0. The third-order valence-corrected chi connectivity index (χ3v) is 4.17. The van der Waals surface area contributed by atoms with Crippen molar-refractivity contribution >= 4 is 0 Å². The highest BCUT2D eigenvalue weighted by Crippen LogP contribution is 2.29. The summed E-state index contributed by atoms with van der Waals surface area (Å²) in [7, 11) is 0. The molecule has 1 aliphatic carbocycles. The molecule has 1 aromatic rings. The van der Waals surface area contributed by atoms with Gasteiger partial charge in [-0.15, -0.1) is 0 Å². The normalized spacial score (nSPS) is 17.6. The Balaban J connectivity index is 2.31. The molecule has 1 unspecified atom stereocenters. The topological polar surface area (TPSA) is 29.9 Å². The van der Waals surface area contributed by atoms with Gasteiger partial charge in [0.25, 0.3) is 0 Å². The lowest BCUT2D eigenvalue weighted by Crippen LogP contribution is -2.25. The standard InChI is InChI=1S/C17H29N3/c1-4-15-13-16(20(6-3)19-15)17(18-5-2)14-11-9-7-8-10-12-14/h11,13,17-18H,4-10,12H2,1-3H3. The Bertz CT molecular complexity index is 445. The van der Waals surface area contributed by atoms with Crippen LogP contribution in [0.15, 0.2) is 17.7 Å². The van der Waals surface area contributed by atoms with E-state index in [0.29, 0.717) is 6.04 Å². The number of likely N-dealkylation sites (N-methyl/N-ethyl adjacent to an activating group) is 1. The van der Waals surface area contributed by atoms with Gasteiger partial charge in [-0.25, -0.2) is 0 Å². The van der Waals surface area contributed by atoms with Crippen molar-refractivity contribution < 1.29 is 0 Å². The van der Waals surface area contributed by atoms with Crippen LogP contribution in [0.25, 0.3) is 0 Å². The van der Waals surface area contributed by atoms with Gasteiger partial charge in [0.1, 0.15) is 0 Å². The molecule has 1 atom stereocenters. The lowest BCUT2D eigenvalue weighted by molar-refractivity contribution is 0.521. The van der Waals surface area contributed by atoms with Crippen molar-refractivity contribution in [2.45, 2.75) is 71.9 Å². The van der Waals surface area contributed by atoms with Gasteiger partial charge < -0.3 is 5.32 Å². The van der Waals surface area contributed by atoms with E-state index in [0.717, 1.165) is 19.5 Å². The number of hydrogen-bond acceptors (Lipinski definition) is 2. The van der Waals surface area contributed by atoms with Gasteiger partial charge in [0.2, 0.25) is 0 Å². The Kier molecular flexibility index (Phi) is 5.84. The van der Waals surface area contributed by atoms with Gasteiger partial charge >= 0.3 is 0 Å². The third kappa shape index (κ3) is 3.51. The summed E-state index contributed by atoms with van der Waals surface area (Å²) in [5.74, 6) is 0. The van der Waals surface area contributed by atoms with E-state index >= 15 is 0 Å². The molecule has 112 valence electrons. The van der Waals surface area contributed by atoms with E-state index in [4.69, 9.17) is 5.10 Å². The van der Waals surface area contributed by atoms with Crippen LogP contribution in [0.1, 0.15) is 70.3 Å². The maximum absolute atomic E-state index is 4.72. The molecule has 1 aromatic heterocycles. The van der Waals surface area contributed by atoms with E-state index in [2.05, 4.69) is 42.9 Å². The Hall–Kier alpha value is -1.09. The molecule has 20 heavy (non-hydrogen) atoms. The molecule has 1 heterocycles. The Labute approximate surface area is 123 Å². The zero-order valence-corrected chi connectivity index (χ0v) is 13.3. The molecule has 1 aliphatic rings. The zero-order valence-electron chi connectivity index (χ0n) is 13.3. The summed E-state index contributed by atoms with van der Waals surface area (Å²) in [5.41, 5.74) is 4.12. The number of aryl methyl sites for hydroxylation is 2. The maximum Gasteiger partial charge on any atom is 0.0707 e. The van der Waals surface area contributed by atoms with Gasteiger partial charge in [0.05, 0.1) is 17.4 Å². The van der Waals surface area contributed by atoms with Crippen LogP contribution in [0.4, 0.5) is 0 Å². The predicted molar refractivity (Wildman–Crippen MR) is 84.9 cm³/mol. The van der Waals surface area contributed by atoms with Crippen LogP contribution >= 0.6 is 0 Å². The molecule has 3 nitrogen and oxygen atoms in total. The molecule has 0 bridgehead atoms. The number of rotatable bonds is 6. The van der Waals surface area contributed by atoms with Crippen LogP contribution in [0.2, 0.25) is 0 Å².